The van der Waals surface area contributed by atoms with E-state index < -0.39 is 9.84 Å². The van der Waals surface area contributed by atoms with Crippen LogP contribution in [0.5, 0.6) is 5.75 Å². The van der Waals surface area contributed by atoms with Gasteiger partial charge in [-0.15, -0.1) is 11.8 Å². The summed E-state index contributed by atoms with van der Waals surface area (Å²) in [4.78, 5) is 1.03. The van der Waals surface area contributed by atoms with Crippen LogP contribution in [0.25, 0.3) is 0 Å². The van der Waals surface area contributed by atoms with Crippen LogP contribution >= 0.6 is 11.8 Å². The van der Waals surface area contributed by atoms with E-state index in [2.05, 4.69) is 0 Å². The molecule has 1 aromatic rings. The molecule has 0 aliphatic rings. The van der Waals surface area contributed by atoms with Crippen molar-refractivity contribution in [3.63, 3.8) is 0 Å². The number of sulfone groups is 1. The van der Waals surface area contributed by atoms with Crippen molar-refractivity contribution in [2.24, 2.45) is 0 Å². The first-order valence-electron chi connectivity index (χ1n) is 4.46. The third-order valence-corrected chi connectivity index (χ3v) is 3.96. The Hall–Kier alpha value is -0.680. The molecule has 0 heterocycles. The Morgan fingerprint density at radius 3 is 2.73 bits per heavy atom. The summed E-state index contributed by atoms with van der Waals surface area (Å²) in [6, 6.07) is 7.59. The second-order valence-corrected chi connectivity index (χ2v) is 6.59. The van der Waals surface area contributed by atoms with Gasteiger partial charge >= 0.3 is 0 Å². The van der Waals surface area contributed by atoms with Crippen molar-refractivity contribution < 1.29 is 13.2 Å². The molecule has 1 aromatic carbocycles. The highest BCUT2D eigenvalue weighted by atomic mass is 32.2. The van der Waals surface area contributed by atoms with Crippen LogP contribution in [0.15, 0.2) is 29.2 Å². The lowest BCUT2D eigenvalue weighted by molar-refractivity contribution is 0.413. The molecule has 0 N–H and O–H groups in total. The zero-order valence-electron chi connectivity index (χ0n) is 8.76. The minimum absolute atomic E-state index is 0.203. The molecule has 0 amide bonds. The summed E-state index contributed by atoms with van der Waals surface area (Å²) in [6.45, 7) is 0. The van der Waals surface area contributed by atoms with E-state index in [1.165, 1.54) is 18.0 Å². The van der Waals surface area contributed by atoms with Crippen LogP contribution in [-0.2, 0) is 9.84 Å². The van der Waals surface area contributed by atoms with Crippen molar-refractivity contribution in [2.45, 2.75) is 4.90 Å². The minimum atomic E-state index is -2.86. The highest BCUT2D eigenvalue weighted by Gasteiger charge is 2.02. The largest absolute Gasteiger partial charge is 0.497 e. The molecule has 0 fully saturated rings. The Bertz CT molecular complexity index is 412. The minimum Gasteiger partial charge on any atom is -0.497 e. The van der Waals surface area contributed by atoms with Crippen LogP contribution in [0.2, 0.25) is 0 Å². The monoisotopic (exact) mass is 246 g/mol. The lowest BCUT2D eigenvalue weighted by Crippen LogP contribution is -2.04. The van der Waals surface area contributed by atoms with Crippen LogP contribution < -0.4 is 4.74 Å². The molecule has 0 aliphatic heterocycles. The fourth-order valence-corrected chi connectivity index (χ4v) is 3.16. The number of ether oxygens (including phenoxy) is 1. The molecule has 0 unspecified atom stereocenters. The van der Waals surface area contributed by atoms with Gasteiger partial charge in [0, 0.05) is 16.9 Å². The normalized spacial score (nSPS) is 11.3. The lowest BCUT2D eigenvalue weighted by atomic mass is 10.3. The second-order valence-electron chi connectivity index (χ2n) is 3.16. The van der Waals surface area contributed by atoms with Crippen molar-refractivity contribution in [1.29, 1.82) is 0 Å². The van der Waals surface area contributed by atoms with E-state index >= 15 is 0 Å². The Morgan fingerprint density at radius 2 is 2.13 bits per heavy atom. The summed E-state index contributed by atoms with van der Waals surface area (Å²) in [5, 5.41) is 0. The fraction of sp³-hybridized carbons (Fsp3) is 0.400. The number of rotatable bonds is 5. The number of thioether (sulfide) groups is 1. The molecular weight excluding hydrogens is 232 g/mol. The van der Waals surface area contributed by atoms with E-state index in [0.717, 1.165) is 10.6 Å². The van der Waals surface area contributed by atoms with E-state index in [9.17, 15) is 8.42 Å². The number of hydrogen-bond donors (Lipinski definition) is 0. The fourth-order valence-electron chi connectivity index (χ4n) is 1.00. The molecule has 0 saturated heterocycles. The molecule has 5 heteroatoms. The molecule has 3 nitrogen and oxygen atoms in total. The summed E-state index contributed by atoms with van der Waals surface area (Å²) in [5.74, 6) is 1.57. The van der Waals surface area contributed by atoms with Gasteiger partial charge in [0.05, 0.1) is 12.9 Å². The second kappa shape index (κ2) is 5.42. The first-order chi connectivity index (χ1) is 7.01. The van der Waals surface area contributed by atoms with E-state index in [-0.39, 0.29) is 5.75 Å². The van der Waals surface area contributed by atoms with Crippen LogP contribution in [0.1, 0.15) is 0 Å². The summed E-state index contributed by atoms with van der Waals surface area (Å²) >= 11 is 1.52. The van der Waals surface area contributed by atoms with Crippen molar-refractivity contribution in [2.75, 3.05) is 24.9 Å². The average Bonchev–Trinajstić information content (AvgIpc) is 2.16. The highest BCUT2D eigenvalue weighted by molar-refractivity contribution is 8.00. The molecule has 0 spiro atoms. The average molecular weight is 246 g/mol. The van der Waals surface area contributed by atoms with Gasteiger partial charge in [-0.3, -0.25) is 0 Å². The van der Waals surface area contributed by atoms with Gasteiger partial charge in [0.15, 0.2) is 0 Å². The molecule has 0 radical (unpaired) electrons. The Morgan fingerprint density at radius 1 is 1.40 bits per heavy atom. The first kappa shape index (κ1) is 12.4. The van der Waals surface area contributed by atoms with Crippen LogP contribution in [0, 0.1) is 0 Å². The molecule has 0 saturated carbocycles. The maximum Gasteiger partial charge on any atom is 0.148 e. The first-order valence-corrected chi connectivity index (χ1v) is 7.50. The third-order valence-electron chi connectivity index (χ3n) is 1.76. The third kappa shape index (κ3) is 5.09. The molecular formula is C10H14O3S2. The predicted octanol–water partition coefficient (Wildman–Crippen LogP) is 1.83. The van der Waals surface area contributed by atoms with Gasteiger partial charge in [0.2, 0.25) is 0 Å². The Labute approximate surface area is 94.8 Å². The summed E-state index contributed by atoms with van der Waals surface area (Å²) in [6.07, 6.45) is 1.25. The maximum atomic E-state index is 10.9. The van der Waals surface area contributed by atoms with Crippen molar-refractivity contribution in [1.82, 2.24) is 0 Å². The zero-order valence-corrected chi connectivity index (χ0v) is 10.4. The van der Waals surface area contributed by atoms with Crippen LogP contribution in [0.4, 0.5) is 0 Å². The molecule has 15 heavy (non-hydrogen) atoms. The molecule has 0 aliphatic carbocycles. The van der Waals surface area contributed by atoms with Gasteiger partial charge < -0.3 is 4.74 Å². The van der Waals surface area contributed by atoms with E-state index in [0.29, 0.717) is 5.75 Å². The summed E-state index contributed by atoms with van der Waals surface area (Å²) < 4.78 is 26.9. The standard InChI is InChI=1S/C10H14O3S2/c1-13-9-4-3-5-10(8-9)14-6-7-15(2,11)12/h3-5,8H,6-7H2,1-2H3. The van der Waals surface area contributed by atoms with Crippen molar-refractivity contribution >= 4 is 21.6 Å². The summed E-state index contributed by atoms with van der Waals surface area (Å²) in [5.41, 5.74) is 0. The Kier molecular flexibility index (Phi) is 4.47. The van der Waals surface area contributed by atoms with Gasteiger partial charge in [-0.05, 0) is 18.2 Å². The quantitative estimate of drug-likeness (QED) is 0.743. The van der Waals surface area contributed by atoms with E-state index in [1.54, 1.807) is 7.11 Å². The van der Waals surface area contributed by atoms with Crippen molar-refractivity contribution in [3.05, 3.63) is 24.3 Å². The number of methoxy groups -OCH3 is 1. The predicted molar refractivity (Wildman–Crippen MR) is 63.4 cm³/mol. The lowest BCUT2D eigenvalue weighted by Gasteiger charge is -2.03. The maximum absolute atomic E-state index is 10.9. The van der Waals surface area contributed by atoms with Crippen LogP contribution in [-0.4, -0.2) is 33.3 Å². The van der Waals surface area contributed by atoms with Gasteiger partial charge in [0.1, 0.15) is 15.6 Å². The summed E-state index contributed by atoms with van der Waals surface area (Å²) in [7, 11) is -1.25. The van der Waals surface area contributed by atoms with Crippen molar-refractivity contribution in [3.8, 4) is 5.75 Å². The number of hydrogen-bond acceptors (Lipinski definition) is 4. The molecule has 0 atom stereocenters. The number of benzene rings is 1. The topological polar surface area (TPSA) is 43.4 Å². The Balaban J connectivity index is 2.51. The van der Waals surface area contributed by atoms with E-state index in [1.807, 2.05) is 24.3 Å². The smallest absolute Gasteiger partial charge is 0.148 e. The van der Waals surface area contributed by atoms with Crippen LogP contribution in [0.3, 0.4) is 0 Å². The van der Waals surface area contributed by atoms with E-state index in [4.69, 9.17) is 4.74 Å². The zero-order chi connectivity index (χ0) is 11.3. The molecule has 1 rings (SSSR count). The molecule has 0 bridgehead atoms. The van der Waals surface area contributed by atoms with Gasteiger partial charge in [-0.2, -0.15) is 0 Å². The molecule has 84 valence electrons. The van der Waals surface area contributed by atoms with Gasteiger partial charge in [-0.1, -0.05) is 6.07 Å². The van der Waals surface area contributed by atoms with Gasteiger partial charge in [0.25, 0.3) is 0 Å². The SMILES string of the molecule is COc1cccc(SCCS(C)(=O)=O)c1. The highest BCUT2D eigenvalue weighted by Crippen LogP contribution is 2.22. The molecule has 0 aromatic heterocycles. The van der Waals surface area contributed by atoms with Gasteiger partial charge in [-0.25, -0.2) is 8.42 Å².